The number of phenolic OH excluding ortho intramolecular Hbond substituents is 1. The van der Waals surface area contributed by atoms with E-state index in [1.165, 1.54) is 13.2 Å². The molecule has 3 nitrogen and oxygen atoms in total. The number of rotatable bonds is 3. The number of ether oxygens (including phenoxy) is 1. The van der Waals surface area contributed by atoms with Gasteiger partial charge in [-0.1, -0.05) is 6.07 Å². The molecule has 1 rings (SSSR count). The molecule has 0 aliphatic rings. The van der Waals surface area contributed by atoms with E-state index in [4.69, 9.17) is 10.5 Å². The first-order chi connectivity index (χ1) is 6.56. The number of hydrogen-bond donors (Lipinski definition) is 2. The largest absolute Gasteiger partial charge is 0.505 e. The lowest BCUT2D eigenvalue weighted by molar-refractivity contribution is 0.361. The number of benzene rings is 1. The van der Waals surface area contributed by atoms with Crippen LogP contribution in [0, 0.1) is 5.82 Å². The lowest BCUT2D eigenvalue weighted by Gasteiger charge is -2.10. The minimum atomic E-state index is -0.731. The number of aromatic hydroxyl groups is 1. The molecule has 0 saturated heterocycles. The van der Waals surface area contributed by atoms with Gasteiger partial charge in [0.05, 0.1) is 7.11 Å². The third-order valence-electron chi connectivity index (χ3n) is 1.93. The standard InChI is InChI=1S/C10H14FNO2/c1-6(12)5-7-3-4-8(14-2)9(11)10(7)13/h3-4,6,13H,5,12H2,1-2H3. The molecule has 1 aromatic rings. The molecule has 1 atom stereocenters. The Bertz CT molecular complexity index is 326. The van der Waals surface area contributed by atoms with Crippen molar-refractivity contribution in [3.8, 4) is 11.5 Å². The van der Waals surface area contributed by atoms with Crippen molar-refractivity contribution in [2.45, 2.75) is 19.4 Å². The van der Waals surface area contributed by atoms with Gasteiger partial charge < -0.3 is 15.6 Å². The van der Waals surface area contributed by atoms with Crippen molar-refractivity contribution in [3.63, 3.8) is 0 Å². The molecule has 0 saturated carbocycles. The molecule has 1 aromatic carbocycles. The zero-order valence-electron chi connectivity index (χ0n) is 8.25. The third-order valence-corrected chi connectivity index (χ3v) is 1.93. The molecular formula is C10H14FNO2. The zero-order chi connectivity index (χ0) is 10.7. The fourth-order valence-corrected chi connectivity index (χ4v) is 1.26. The predicted molar refractivity (Wildman–Crippen MR) is 52.0 cm³/mol. The van der Waals surface area contributed by atoms with Crippen LogP contribution in [0.1, 0.15) is 12.5 Å². The van der Waals surface area contributed by atoms with Crippen molar-refractivity contribution in [3.05, 3.63) is 23.5 Å². The SMILES string of the molecule is COc1ccc(CC(C)N)c(O)c1F. The number of halogens is 1. The number of methoxy groups -OCH3 is 1. The molecule has 4 heteroatoms. The van der Waals surface area contributed by atoms with Gasteiger partial charge in [-0.2, -0.15) is 4.39 Å². The molecule has 0 aliphatic heterocycles. The summed E-state index contributed by atoms with van der Waals surface area (Å²) in [6, 6.07) is 2.97. The van der Waals surface area contributed by atoms with Gasteiger partial charge in [-0.05, 0) is 25.0 Å². The Labute approximate surface area is 82.3 Å². The summed E-state index contributed by atoms with van der Waals surface area (Å²) in [5, 5.41) is 9.45. The molecule has 0 spiro atoms. The lowest BCUT2D eigenvalue weighted by Crippen LogP contribution is -2.18. The van der Waals surface area contributed by atoms with E-state index in [9.17, 15) is 9.50 Å². The second-order valence-electron chi connectivity index (χ2n) is 3.27. The molecule has 78 valence electrons. The van der Waals surface area contributed by atoms with Gasteiger partial charge in [0.25, 0.3) is 0 Å². The average Bonchev–Trinajstić information content (AvgIpc) is 2.13. The second-order valence-corrected chi connectivity index (χ2v) is 3.27. The smallest absolute Gasteiger partial charge is 0.206 e. The minimum Gasteiger partial charge on any atom is -0.505 e. The monoisotopic (exact) mass is 199 g/mol. The second kappa shape index (κ2) is 4.28. The van der Waals surface area contributed by atoms with Crippen LogP contribution in [0.2, 0.25) is 0 Å². The summed E-state index contributed by atoms with van der Waals surface area (Å²) in [5.41, 5.74) is 6.05. The van der Waals surface area contributed by atoms with E-state index in [-0.39, 0.29) is 17.5 Å². The Morgan fingerprint density at radius 3 is 2.71 bits per heavy atom. The van der Waals surface area contributed by atoms with Gasteiger partial charge in [-0.3, -0.25) is 0 Å². The molecule has 0 aliphatic carbocycles. The summed E-state index contributed by atoms with van der Waals surface area (Å²) in [6.07, 6.45) is 0.437. The van der Waals surface area contributed by atoms with Crippen molar-refractivity contribution >= 4 is 0 Å². The van der Waals surface area contributed by atoms with Gasteiger partial charge in [-0.25, -0.2) is 0 Å². The average molecular weight is 199 g/mol. The highest BCUT2D eigenvalue weighted by molar-refractivity contribution is 5.42. The maximum atomic E-state index is 13.3. The van der Waals surface area contributed by atoms with Crippen LogP contribution >= 0.6 is 0 Å². The molecule has 0 fully saturated rings. The maximum Gasteiger partial charge on any atom is 0.206 e. The molecule has 0 amide bonds. The van der Waals surface area contributed by atoms with Crippen molar-refractivity contribution in [1.82, 2.24) is 0 Å². The summed E-state index contributed by atoms with van der Waals surface area (Å²) < 4.78 is 18.0. The zero-order valence-corrected chi connectivity index (χ0v) is 8.25. The van der Waals surface area contributed by atoms with Gasteiger partial charge in [0.2, 0.25) is 5.82 Å². The van der Waals surface area contributed by atoms with E-state index >= 15 is 0 Å². The van der Waals surface area contributed by atoms with Crippen LogP contribution in [-0.2, 0) is 6.42 Å². The summed E-state index contributed by atoms with van der Waals surface area (Å²) in [4.78, 5) is 0. The molecule has 3 N–H and O–H groups in total. The number of phenols is 1. The van der Waals surface area contributed by atoms with Crippen LogP contribution in [0.15, 0.2) is 12.1 Å². The summed E-state index contributed by atoms with van der Waals surface area (Å²) in [6.45, 7) is 1.79. The Hall–Kier alpha value is -1.29. The molecule has 0 aromatic heterocycles. The Morgan fingerprint density at radius 2 is 2.21 bits per heavy atom. The maximum absolute atomic E-state index is 13.3. The highest BCUT2D eigenvalue weighted by Crippen LogP contribution is 2.29. The predicted octanol–water partition coefficient (Wildman–Crippen LogP) is 1.43. The highest BCUT2D eigenvalue weighted by Gasteiger charge is 2.13. The molecule has 14 heavy (non-hydrogen) atoms. The third kappa shape index (κ3) is 2.14. The van der Waals surface area contributed by atoms with Crippen molar-refractivity contribution in [1.29, 1.82) is 0 Å². The summed E-state index contributed by atoms with van der Waals surface area (Å²) >= 11 is 0. The van der Waals surface area contributed by atoms with E-state index in [0.29, 0.717) is 12.0 Å². The Balaban J connectivity index is 3.04. The Kier molecular flexibility index (Phi) is 3.30. The number of hydrogen-bond acceptors (Lipinski definition) is 3. The van der Waals surface area contributed by atoms with Gasteiger partial charge in [0.1, 0.15) is 0 Å². The Morgan fingerprint density at radius 1 is 1.57 bits per heavy atom. The van der Waals surface area contributed by atoms with Crippen LogP contribution in [-0.4, -0.2) is 18.3 Å². The topological polar surface area (TPSA) is 55.5 Å². The van der Waals surface area contributed by atoms with Crippen LogP contribution in [0.25, 0.3) is 0 Å². The first-order valence-electron chi connectivity index (χ1n) is 4.36. The van der Waals surface area contributed by atoms with E-state index < -0.39 is 5.82 Å². The van der Waals surface area contributed by atoms with Gasteiger partial charge >= 0.3 is 0 Å². The van der Waals surface area contributed by atoms with Crippen LogP contribution in [0.5, 0.6) is 11.5 Å². The van der Waals surface area contributed by atoms with Gasteiger partial charge in [0, 0.05) is 6.04 Å². The van der Waals surface area contributed by atoms with E-state index in [1.807, 2.05) is 0 Å². The van der Waals surface area contributed by atoms with E-state index in [1.54, 1.807) is 13.0 Å². The van der Waals surface area contributed by atoms with Crippen LogP contribution < -0.4 is 10.5 Å². The van der Waals surface area contributed by atoms with Crippen molar-refractivity contribution in [2.75, 3.05) is 7.11 Å². The first-order valence-corrected chi connectivity index (χ1v) is 4.36. The first kappa shape index (κ1) is 10.8. The normalized spacial score (nSPS) is 12.6. The van der Waals surface area contributed by atoms with Crippen LogP contribution in [0.4, 0.5) is 4.39 Å². The molecule has 0 radical (unpaired) electrons. The van der Waals surface area contributed by atoms with Crippen molar-refractivity contribution in [2.24, 2.45) is 5.73 Å². The molecule has 0 bridgehead atoms. The fourth-order valence-electron chi connectivity index (χ4n) is 1.26. The highest BCUT2D eigenvalue weighted by atomic mass is 19.1. The van der Waals surface area contributed by atoms with E-state index in [0.717, 1.165) is 0 Å². The molecule has 0 heterocycles. The minimum absolute atomic E-state index is 0.0379. The summed E-state index contributed by atoms with van der Waals surface area (Å²) in [7, 11) is 1.35. The molecular weight excluding hydrogens is 185 g/mol. The lowest BCUT2D eigenvalue weighted by atomic mass is 10.1. The van der Waals surface area contributed by atoms with Gasteiger partial charge in [-0.15, -0.1) is 0 Å². The van der Waals surface area contributed by atoms with E-state index in [2.05, 4.69) is 0 Å². The van der Waals surface area contributed by atoms with Gasteiger partial charge in [0.15, 0.2) is 11.5 Å². The molecule has 1 unspecified atom stereocenters. The quantitative estimate of drug-likeness (QED) is 0.774. The summed E-state index contributed by atoms with van der Waals surface area (Å²) in [5.74, 6) is -1.07. The van der Waals surface area contributed by atoms with Crippen molar-refractivity contribution < 1.29 is 14.2 Å². The fraction of sp³-hybridized carbons (Fsp3) is 0.400. The van der Waals surface area contributed by atoms with Crippen LogP contribution in [0.3, 0.4) is 0 Å². The number of nitrogens with two attached hydrogens (primary N) is 1.